The molecule has 1 aliphatic rings. The zero-order chi connectivity index (χ0) is 11.4. The average Bonchev–Trinajstić information content (AvgIpc) is 2.33. The Morgan fingerprint density at radius 3 is 2.56 bits per heavy atom. The third kappa shape index (κ3) is 4.75. The van der Waals surface area contributed by atoms with Gasteiger partial charge in [-0.2, -0.15) is 0 Å². The number of nitrogens with two attached hydrogens (primary N) is 1. The number of ether oxygens (including phenoxy) is 1. The Kier molecular flexibility index (Phi) is 8.57. The summed E-state index contributed by atoms with van der Waals surface area (Å²) in [5.74, 6) is 0. The van der Waals surface area contributed by atoms with Gasteiger partial charge in [0.05, 0.1) is 6.10 Å². The molecule has 0 spiro atoms. The number of nitrogens with zero attached hydrogens (tertiary/aromatic N) is 1. The van der Waals surface area contributed by atoms with Crippen LogP contribution in [0.4, 0.5) is 0 Å². The lowest BCUT2D eigenvalue weighted by molar-refractivity contribution is 0.0140. The number of benzene rings is 1. The fourth-order valence-electron chi connectivity index (χ4n) is 2.23. The van der Waals surface area contributed by atoms with Crippen molar-refractivity contribution in [2.75, 3.05) is 20.2 Å². The summed E-state index contributed by atoms with van der Waals surface area (Å²) in [5.41, 5.74) is 7.35. The number of rotatable bonds is 3. The van der Waals surface area contributed by atoms with Gasteiger partial charge in [-0.1, -0.05) is 30.3 Å². The predicted molar refractivity (Wildman–Crippen MR) is 79.6 cm³/mol. The molecule has 3 nitrogen and oxygen atoms in total. The van der Waals surface area contributed by atoms with Gasteiger partial charge in [-0.15, -0.1) is 24.8 Å². The van der Waals surface area contributed by atoms with Crippen LogP contribution in [0.25, 0.3) is 0 Å². The summed E-state index contributed by atoms with van der Waals surface area (Å²) in [6, 6.07) is 10.7. The van der Waals surface area contributed by atoms with Crippen molar-refractivity contribution in [1.29, 1.82) is 0 Å². The van der Waals surface area contributed by atoms with Crippen molar-refractivity contribution >= 4 is 24.8 Å². The van der Waals surface area contributed by atoms with Gasteiger partial charge in [0, 0.05) is 32.8 Å². The molecule has 1 heterocycles. The van der Waals surface area contributed by atoms with E-state index < -0.39 is 0 Å². The second-order valence-electron chi connectivity index (χ2n) is 4.45. The topological polar surface area (TPSA) is 38.5 Å². The van der Waals surface area contributed by atoms with Crippen LogP contribution in [0, 0.1) is 0 Å². The number of halogens is 2. The molecular formula is C13H22Cl2N2O. The number of likely N-dealkylation sites (tertiary alicyclic amines) is 1. The molecule has 5 heteroatoms. The highest BCUT2D eigenvalue weighted by molar-refractivity contribution is 5.85. The van der Waals surface area contributed by atoms with Crippen molar-refractivity contribution in [3.8, 4) is 0 Å². The monoisotopic (exact) mass is 292 g/mol. The van der Waals surface area contributed by atoms with Gasteiger partial charge in [-0.3, -0.25) is 4.90 Å². The molecule has 18 heavy (non-hydrogen) atoms. The van der Waals surface area contributed by atoms with E-state index in [9.17, 15) is 0 Å². The first kappa shape index (κ1) is 17.7. The number of hydrogen-bond donors (Lipinski definition) is 1. The molecule has 1 aromatic rings. The van der Waals surface area contributed by atoms with Crippen LogP contribution in [0.15, 0.2) is 30.3 Å². The van der Waals surface area contributed by atoms with Crippen LogP contribution in [0.5, 0.6) is 0 Å². The number of methoxy groups -OCH3 is 1. The molecule has 0 radical (unpaired) electrons. The summed E-state index contributed by atoms with van der Waals surface area (Å²) in [4.78, 5) is 2.41. The van der Waals surface area contributed by atoms with E-state index in [2.05, 4.69) is 29.2 Å². The van der Waals surface area contributed by atoms with Crippen LogP contribution in [0.3, 0.4) is 0 Å². The van der Waals surface area contributed by atoms with Crippen molar-refractivity contribution in [3.63, 3.8) is 0 Å². The highest BCUT2D eigenvalue weighted by atomic mass is 35.5. The molecule has 104 valence electrons. The minimum atomic E-state index is 0. The Hall–Kier alpha value is -0.320. The quantitative estimate of drug-likeness (QED) is 0.927. The first-order chi connectivity index (χ1) is 7.79. The maximum absolute atomic E-state index is 5.99. The van der Waals surface area contributed by atoms with Crippen LogP contribution in [0.2, 0.25) is 0 Å². The van der Waals surface area contributed by atoms with Gasteiger partial charge in [-0.25, -0.2) is 0 Å². The van der Waals surface area contributed by atoms with Crippen molar-refractivity contribution < 1.29 is 4.74 Å². The van der Waals surface area contributed by atoms with Gasteiger partial charge >= 0.3 is 0 Å². The van der Waals surface area contributed by atoms with E-state index >= 15 is 0 Å². The summed E-state index contributed by atoms with van der Waals surface area (Å²) in [6.45, 7) is 3.00. The normalized spacial score (nSPS) is 23.9. The Morgan fingerprint density at radius 1 is 1.28 bits per heavy atom. The van der Waals surface area contributed by atoms with Gasteiger partial charge in [0.2, 0.25) is 0 Å². The maximum atomic E-state index is 5.99. The lowest BCUT2D eigenvalue weighted by atomic mass is 10.0. The minimum Gasteiger partial charge on any atom is -0.379 e. The van der Waals surface area contributed by atoms with E-state index in [1.165, 1.54) is 5.56 Å². The van der Waals surface area contributed by atoms with Crippen LogP contribution >= 0.6 is 24.8 Å². The SMILES string of the molecule is COC1CN(Cc2ccccc2)CCC1N.Cl.Cl. The summed E-state index contributed by atoms with van der Waals surface area (Å²) in [6.07, 6.45) is 1.20. The van der Waals surface area contributed by atoms with Crippen LogP contribution in [-0.4, -0.2) is 37.2 Å². The molecular weight excluding hydrogens is 271 g/mol. The van der Waals surface area contributed by atoms with Gasteiger partial charge in [0.15, 0.2) is 0 Å². The zero-order valence-electron chi connectivity index (χ0n) is 10.6. The largest absolute Gasteiger partial charge is 0.379 e. The lowest BCUT2D eigenvalue weighted by Crippen LogP contribution is -2.51. The molecule has 0 bridgehead atoms. The summed E-state index contributed by atoms with van der Waals surface area (Å²) in [7, 11) is 1.75. The fourth-order valence-corrected chi connectivity index (χ4v) is 2.23. The highest BCUT2D eigenvalue weighted by Gasteiger charge is 2.26. The van der Waals surface area contributed by atoms with Gasteiger partial charge < -0.3 is 10.5 Å². The average molecular weight is 293 g/mol. The van der Waals surface area contributed by atoms with E-state index in [0.29, 0.717) is 0 Å². The Labute approximate surface area is 121 Å². The van der Waals surface area contributed by atoms with Gasteiger partial charge in [0.1, 0.15) is 0 Å². The molecule has 1 aromatic carbocycles. The Bertz CT molecular complexity index is 324. The van der Waals surface area contributed by atoms with E-state index in [4.69, 9.17) is 10.5 Å². The van der Waals surface area contributed by atoms with Crippen LogP contribution in [-0.2, 0) is 11.3 Å². The molecule has 2 atom stereocenters. The molecule has 2 unspecified atom stereocenters. The summed E-state index contributed by atoms with van der Waals surface area (Å²) in [5, 5.41) is 0. The first-order valence-electron chi connectivity index (χ1n) is 5.84. The molecule has 2 rings (SSSR count). The van der Waals surface area contributed by atoms with Crippen molar-refractivity contribution in [1.82, 2.24) is 4.90 Å². The predicted octanol–water partition coefficient (Wildman–Crippen LogP) is 2.08. The van der Waals surface area contributed by atoms with Crippen LogP contribution in [0.1, 0.15) is 12.0 Å². The third-order valence-electron chi connectivity index (χ3n) is 3.25. The minimum absolute atomic E-state index is 0. The Balaban J connectivity index is 0.00000144. The van der Waals surface area contributed by atoms with Crippen molar-refractivity contribution in [2.24, 2.45) is 5.73 Å². The molecule has 0 amide bonds. The highest BCUT2D eigenvalue weighted by Crippen LogP contribution is 2.14. The van der Waals surface area contributed by atoms with Gasteiger partial charge in [-0.05, 0) is 12.0 Å². The zero-order valence-corrected chi connectivity index (χ0v) is 12.3. The second-order valence-corrected chi connectivity index (χ2v) is 4.45. The standard InChI is InChI=1S/C13H20N2O.2ClH/c1-16-13-10-15(8-7-12(13)14)9-11-5-3-2-4-6-11;;/h2-6,12-13H,7-10,14H2,1H3;2*1H. The number of hydrogen-bond acceptors (Lipinski definition) is 3. The molecule has 1 saturated heterocycles. The van der Waals surface area contributed by atoms with E-state index in [0.717, 1.165) is 26.1 Å². The summed E-state index contributed by atoms with van der Waals surface area (Å²) >= 11 is 0. The second kappa shape index (κ2) is 8.73. The molecule has 0 aliphatic carbocycles. The van der Waals surface area contributed by atoms with Crippen molar-refractivity contribution in [3.05, 3.63) is 35.9 Å². The van der Waals surface area contributed by atoms with E-state index in [-0.39, 0.29) is 37.0 Å². The maximum Gasteiger partial charge on any atom is 0.0849 e. The van der Waals surface area contributed by atoms with Crippen molar-refractivity contribution in [2.45, 2.75) is 25.1 Å². The van der Waals surface area contributed by atoms with Crippen LogP contribution < -0.4 is 5.73 Å². The third-order valence-corrected chi connectivity index (χ3v) is 3.25. The fraction of sp³-hybridized carbons (Fsp3) is 0.538. The van der Waals surface area contributed by atoms with E-state index in [1.54, 1.807) is 7.11 Å². The lowest BCUT2D eigenvalue weighted by Gasteiger charge is -2.35. The number of piperidine rings is 1. The molecule has 1 aliphatic heterocycles. The smallest absolute Gasteiger partial charge is 0.0849 e. The summed E-state index contributed by atoms with van der Waals surface area (Å²) < 4.78 is 5.40. The van der Waals surface area contributed by atoms with E-state index in [1.807, 2.05) is 6.07 Å². The molecule has 0 saturated carbocycles. The first-order valence-corrected chi connectivity index (χ1v) is 5.84. The Morgan fingerprint density at radius 2 is 1.94 bits per heavy atom. The molecule has 0 aromatic heterocycles. The molecule has 1 fully saturated rings. The molecule has 2 N–H and O–H groups in total. The van der Waals surface area contributed by atoms with Gasteiger partial charge in [0.25, 0.3) is 0 Å².